The molecule has 1 aromatic heterocycles. The number of likely N-dealkylation sites (N-methyl/N-ethyl adjacent to an activating group) is 1. The number of nitrogens with two attached hydrogens (primary N) is 1. The van der Waals surface area contributed by atoms with Gasteiger partial charge in [-0.25, -0.2) is 0 Å². The fourth-order valence-electron chi connectivity index (χ4n) is 1.45. The molecule has 2 N–H and O–H groups in total. The maximum atomic E-state index is 11.9. The van der Waals surface area contributed by atoms with Gasteiger partial charge in [-0.05, 0) is 24.5 Å². The summed E-state index contributed by atoms with van der Waals surface area (Å²) in [5, 5.41) is 4.09. The number of aromatic nitrogens is 2. The summed E-state index contributed by atoms with van der Waals surface area (Å²) < 4.78 is 1.80. The zero-order chi connectivity index (χ0) is 12.7. The molecule has 1 amide bonds. The second-order valence-corrected chi connectivity index (χ2v) is 4.90. The fourth-order valence-corrected chi connectivity index (χ4v) is 1.94. The molecule has 0 bridgehead atoms. The first kappa shape index (κ1) is 14.1. The van der Waals surface area contributed by atoms with Crippen molar-refractivity contribution in [1.82, 2.24) is 14.7 Å². The van der Waals surface area contributed by atoms with E-state index in [4.69, 9.17) is 5.73 Å². The Morgan fingerprint density at radius 2 is 2.41 bits per heavy atom. The van der Waals surface area contributed by atoms with E-state index in [2.05, 4.69) is 5.10 Å². The summed E-state index contributed by atoms with van der Waals surface area (Å²) >= 11 is 1.71. The molecule has 1 atom stereocenters. The molecule has 0 saturated heterocycles. The van der Waals surface area contributed by atoms with Crippen LogP contribution in [-0.4, -0.2) is 52.2 Å². The third-order valence-electron chi connectivity index (χ3n) is 2.55. The lowest BCUT2D eigenvalue weighted by molar-refractivity contribution is -0.131. The van der Waals surface area contributed by atoms with Crippen molar-refractivity contribution in [3.05, 3.63) is 18.5 Å². The SMILES string of the molecule is CSCC[C@H](N)C(=O)N(C)CCn1cccn1. The van der Waals surface area contributed by atoms with Gasteiger partial charge < -0.3 is 10.6 Å². The van der Waals surface area contributed by atoms with Crippen molar-refractivity contribution < 1.29 is 4.79 Å². The first-order valence-corrected chi connectivity index (χ1v) is 7.01. The predicted octanol–water partition coefficient (Wildman–Crippen LogP) is 0.422. The summed E-state index contributed by atoms with van der Waals surface area (Å²) in [7, 11) is 1.78. The first-order valence-electron chi connectivity index (χ1n) is 5.62. The Labute approximate surface area is 106 Å². The molecule has 0 aromatic carbocycles. The number of nitrogens with zero attached hydrogens (tertiary/aromatic N) is 3. The van der Waals surface area contributed by atoms with Gasteiger partial charge in [-0.3, -0.25) is 9.48 Å². The lowest BCUT2D eigenvalue weighted by Gasteiger charge is -2.21. The molecule has 0 spiro atoms. The van der Waals surface area contributed by atoms with Crippen molar-refractivity contribution in [2.24, 2.45) is 5.73 Å². The number of carbonyl (C=O) groups is 1. The van der Waals surface area contributed by atoms with Crippen LogP contribution in [0.25, 0.3) is 0 Å². The van der Waals surface area contributed by atoms with E-state index >= 15 is 0 Å². The lowest BCUT2D eigenvalue weighted by atomic mass is 10.2. The summed E-state index contributed by atoms with van der Waals surface area (Å²) in [6, 6.07) is 1.48. The van der Waals surface area contributed by atoms with Crippen LogP contribution in [-0.2, 0) is 11.3 Å². The highest BCUT2D eigenvalue weighted by molar-refractivity contribution is 7.98. The van der Waals surface area contributed by atoms with Crippen LogP contribution in [0.4, 0.5) is 0 Å². The smallest absolute Gasteiger partial charge is 0.239 e. The highest BCUT2D eigenvalue weighted by Gasteiger charge is 2.17. The van der Waals surface area contributed by atoms with E-state index < -0.39 is 0 Å². The number of hydrogen-bond donors (Lipinski definition) is 1. The van der Waals surface area contributed by atoms with E-state index in [1.807, 2.05) is 18.5 Å². The second-order valence-electron chi connectivity index (χ2n) is 3.92. The normalized spacial score (nSPS) is 12.4. The molecule has 0 aliphatic heterocycles. The van der Waals surface area contributed by atoms with Crippen LogP contribution in [0.1, 0.15) is 6.42 Å². The molecule has 6 heteroatoms. The molecule has 0 aliphatic rings. The quantitative estimate of drug-likeness (QED) is 0.768. The molecule has 5 nitrogen and oxygen atoms in total. The van der Waals surface area contributed by atoms with Gasteiger partial charge >= 0.3 is 0 Å². The van der Waals surface area contributed by atoms with Crippen molar-refractivity contribution >= 4 is 17.7 Å². The van der Waals surface area contributed by atoms with E-state index in [1.54, 1.807) is 34.6 Å². The molecule has 0 radical (unpaired) electrons. The highest BCUT2D eigenvalue weighted by atomic mass is 32.2. The third kappa shape index (κ3) is 4.79. The maximum Gasteiger partial charge on any atom is 0.239 e. The second kappa shape index (κ2) is 7.34. The molecule has 96 valence electrons. The van der Waals surface area contributed by atoms with Gasteiger partial charge in [0, 0.05) is 26.0 Å². The van der Waals surface area contributed by atoms with E-state index in [9.17, 15) is 4.79 Å². The van der Waals surface area contributed by atoms with Gasteiger partial charge in [0.15, 0.2) is 0 Å². The Morgan fingerprint density at radius 1 is 1.65 bits per heavy atom. The van der Waals surface area contributed by atoms with E-state index in [0.717, 1.165) is 12.2 Å². The molecule has 1 aromatic rings. The molecule has 0 fully saturated rings. The van der Waals surface area contributed by atoms with Crippen LogP contribution in [0.5, 0.6) is 0 Å². The molecule has 1 heterocycles. The average molecular weight is 256 g/mol. The van der Waals surface area contributed by atoms with E-state index in [1.165, 1.54) is 0 Å². The number of thioether (sulfide) groups is 1. The monoisotopic (exact) mass is 256 g/mol. The molecule has 0 unspecified atom stereocenters. The lowest BCUT2D eigenvalue weighted by Crippen LogP contribution is -2.43. The summed E-state index contributed by atoms with van der Waals surface area (Å²) in [6.45, 7) is 1.33. The number of carbonyl (C=O) groups excluding carboxylic acids is 1. The minimum absolute atomic E-state index is 0.00575. The fraction of sp³-hybridized carbons (Fsp3) is 0.636. The average Bonchev–Trinajstić information content (AvgIpc) is 2.85. The van der Waals surface area contributed by atoms with Crippen molar-refractivity contribution in [3.63, 3.8) is 0 Å². The van der Waals surface area contributed by atoms with Crippen molar-refractivity contribution in [2.75, 3.05) is 25.6 Å². The largest absolute Gasteiger partial charge is 0.343 e. The maximum absolute atomic E-state index is 11.9. The van der Waals surface area contributed by atoms with Gasteiger partial charge in [0.2, 0.25) is 5.91 Å². The van der Waals surface area contributed by atoms with E-state index in [0.29, 0.717) is 13.1 Å². The zero-order valence-corrected chi connectivity index (χ0v) is 11.2. The van der Waals surface area contributed by atoms with Crippen LogP contribution in [0.2, 0.25) is 0 Å². The summed E-state index contributed by atoms with van der Waals surface area (Å²) in [4.78, 5) is 13.5. The van der Waals surface area contributed by atoms with Crippen LogP contribution < -0.4 is 5.73 Å². The Bertz CT molecular complexity index is 328. The van der Waals surface area contributed by atoms with Crippen molar-refractivity contribution in [1.29, 1.82) is 0 Å². The standard InChI is InChI=1S/C11H20N4OS/c1-14(7-8-15-6-3-5-13-15)11(16)10(12)4-9-17-2/h3,5-6,10H,4,7-9,12H2,1-2H3/t10-/m0/s1. The summed E-state index contributed by atoms with van der Waals surface area (Å²) in [6.07, 6.45) is 6.35. The Morgan fingerprint density at radius 3 is 3.00 bits per heavy atom. The molecule has 17 heavy (non-hydrogen) atoms. The van der Waals surface area contributed by atoms with Gasteiger partial charge in [0.25, 0.3) is 0 Å². The van der Waals surface area contributed by atoms with Crippen LogP contribution in [0.15, 0.2) is 18.5 Å². The summed E-state index contributed by atoms with van der Waals surface area (Å²) in [5.74, 6) is 0.922. The molecular formula is C11H20N4OS. The van der Waals surface area contributed by atoms with Crippen LogP contribution >= 0.6 is 11.8 Å². The van der Waals surface area contributed by atoms with Crippen molar-refractivity contribution in [3.8, 4) is 0 Å². The molecule has 1 rings (SSSR count). The summed E-state index contributed by atoms with van der Waals surface area (Å²) in [5.41, 5.74) is 5.83. The number of amides is 1. The Balaban J connectivity index is 2.31. The number of rotatable bonds is 7. The minimum Gasteiger partial charge on any atom is -0.343 e. The first-order chi connectivity index (χ1) is 8.15. The van der Waals surface area contributed by atoms with E-state index in [-0.39, 0.29) is 11.9 Å². The molecular weight excluding hydrogens is 236 g/mol. The van der Waals surface area contributed by atoms with Crippen LogP contribution in [0.3, 0.4) is 0 Å². The Kier molecular flexibility index (Phi) is 6.07. The third-order valence-corrected chi connectivity index (χ3v) is 3.19. The van der Waals surface area contributed by atoms with Gasteiger partial charge in [-0.15, -0.1) is 0 Å². The van der Waals surface area contributed by atoms with Gasteiger partial charge in [0.05, 0.1) is 12.6 Å². The van der Waals surface area contributed by atoms with Gasteiger partial charge in [-0.1, -0.05) is 0 Å². The zero-order valence-electron chi connectivity index (χ0n) is 10.4. The molecule has 0 saturated carbocycles. The van der Waals surface area contributed by atoms with Gasteiger partial charge in [0.1, 0.15) is 0 Å². The highest BCUT2D eigenvalue weighted by Crippen LogP contribution is 2.01. The minimum atomic E-state index is -0.384. The van der Waals surface area contributed by atoms with Gasteiger partial charge in [-0.2, -0.15) is 16.9 Å². The van der Waals surface area contributed by atoms with Crippen LogP contribution in [0, 0.1) is 0 Å². The topological polar surface area (TPSA) is 64.2 Å². The predicted molar refractivity (Wildman–Crippen MR) is 70.8 cm³/mol. The molecule has 0 aliphatic carbocycles. The van der Waals surface area contributed by atoms with Crippen molar-refractivity contribution in [2.45, 2.75) is 19.0 Å². The Hall–Kier alpha value is -1.01. The number of hydrogen-bond acceptors (Lipinski definition) is 4.